The number of ether oxygens (including phenoxy) is 2. The van der Waals surface area contributed by atoms with Crippen molar-refractivity contribution < 1.29 is 9.47 Å². The van der Waals surface area contributed by atoms with E-state index in [0.29, 0.717) is 30.8 Å². The highest BCUT2D eigenvalue weighted by Crippen LogP contribution is 2.29. The minimum atomic E-state index is 0.221. The van der Waals surface area contributed by atoms with Gasteiger partial charge in [0.15, 0.2) is 5.11 Å². The number of nitrogens with one attached hydrogen (secondary N) is 2. The molecule has 2 N–H and O–H groups in total. The van der Waals surface area contributed by atoms with Gasteiger partial charge in [0.05, 0.1) is 19.3 Å². The van der Waals surface area contributed by atoms with Crippen molar-refractivity contribution in [1.29, 1.82) is 0 Å². The summed E-state index contributed by atoms with van der Waals surface area (Å²) < 4.78 is 11.2. The molecular formula is C22H28N6O2S. The molecule has 0 amide bonds. The second-order valence-electron chi connectivity index (χ2n) is 8.10. The highest BCUT2D eigenvalue weighted by Gasteiger charge is 2.23. The zero-order valence-corrected chi connectivity index (χ0v) is 18.4. The summed E-state index contributed by atoms with van der Waals surface area (Å²) >= 11 is 5.50. The molecule has 1 aromatic heterocycles. The molecule has 0 aliphatic carbocycles. The third kappa shape index (κ3) is 4.89. The van der Waals surface area contributed by atoms with Gasteiger partial charge in [0.1, 0.15) is 11.6 Å². The van der Waals surface area contributed by atoms with Gasteiger partial charge in [-0.05, 0) is 36.2 Å². The molecule has 0 saturated carbocycles. The van der Waals surface area contributed by atoms with Gasteiger partial charge in [0.25, 0.3) is 0 Å². The minimum Gasteiger partial charge on any atom is -0.378 e. The van der Waals surface area contributed by atoms with Crippen LogP contribution in [0.4, 0.5) is 17.6 Å². The molecule has 3 aliphatic heterocycles. The van der Waals surface area contributed by atoms with E-state index in [4.69, 9.17) is 31.7 Å². The Hall–Kier alpha value is -2.49. The van der Waals surface area contributed by atoms with Gasteiger partial charge in [0.2, 0.25) is 5.95 Å². The summed E-state index contributed by atoms with van der Waals surface area (Å²) in [6.45, 7) is 6.27. The van der Waals surface area contributed by atoms with Gasteiger partial charge in [0, 0.05) is 45.4 Å². The molecule has 164 valence electrons. The van der Waals surface area contributed by atoms with Crippen LogP contribution >= 0.6 is 12.2 Å². The van der Waals surface area contributed by atoms with Crippen molar-refractivity contribution in [2.75, 3.05) is 54.6 Å². The Morgan fingerprint density at radius 2 is 1.74 bits per heavy atom. The molecule has 0 spiro atoms. The van der Waals surface area contributed by atoms with Crippen LogP contribution in [0.1, 0.15) is 24.0 Å². The molecule has 1 unspecified atom stereocenters. The lowest BCUT2D eigenvalue weighted by atomic mass is 10.1. The normalized spacial score (nSPS) is 20.6. The van der Waals surface area contributed by atoms with E-state index in [1.807, 2.05) is 0 Å². The van der Waals surface area contributed by atoms with Gasteiger partial charge in [-0.1, -0.05) is 24.3 Å². The molecule has 2 aromatic rings. The van der Waals surface area contributed by atoms with Crippen molar-refractivity contribution >= 4 is 34.9 Å². The Bertz CT molecular complexity index is 905. The van der Waals surface area contributed by atoms with Crippen LogP contribution in [-0.4, -0.2) is 60.6 Å². The lowest BCUT2D eigenvalue weighted by molar-refractivity contribution is 0.114. The summed E-state index contributed by atoms with van der Waals surface area (Å²) in [5.74, 6) is 2.31. The first-order chi connectivity index (χ1) is 15.2. The molecule has 0 bridgehead atoms. The van der Waals surface area contributed by atoms with Crippen molar-refractivity contribution in [3.8, 4) is 0 Å². The van der Waals surface area contributed by atoms with E-state index < -0.39 is 0 Å². The first-order valence-corrected chi connectivity index (χ1v) is 11.4. The molecule has 31 heavy (non-hydrogen) atoms. The van der Waals surface area contributed by atoms with Crippen LogP contribution in [0.3, 0.4) is 0 Å². The maximum absolute atomic E-state index is 5.66. The topological polar surface area (TPSA) is 74.8 Å². The number of aromatic nitrogens is 2. The number of anilines is 3. The second-order valence-corrected chi connectivity index (χ2v) is 8.51. The zero-order valence-electron chi connectivity index (χ0n) is 17.5. The van der Waals surface area contributed by atoms with E-state index in [1.165, 1.54) is 11.1 Å². The zero-order chi connectivity index (χ0) is 21.0. The van der Waals surface area contributed by atoms with Crippen LogP contribution in [0.15, 0.2) is 30.3 Å². The molecule has 1 aromatic carbocycles. The van der Waals surface area contributed by atoms with Crippen LogP contribution in [0, 0.1) is 0 Å². The second kappa shape index (κ2) is 9.33. The fourth-order valence-corrected chi connectivity index (χ4v) is 4.42. The first kappa shape index (κ1) is 20.4. The van der Waals surface area contributed by atoms with Crippen molar-refractivity contribution in [2.45, 2.75) is 32.0 Å². The summed E-state index contributed by atoms with van der Waals surface area (Å²) in [4.78, 5) is 14.1. The summed E-state index contributed by atoms with van der Waals surface area (Å²) in [7, 11) is 0. The number of benzene rings is 1. The third-order valence-electron chi connectivity index (χ3n) is 5.94. The maximum Gasteiger partial charge on any atom is 0.232 e. The maximum atomic E-state index is 5.66. The molecule has 5 rings (SSSR count). The van der Waals surface area contributed by atoms with Gasteiger partial charge < -0.3 is 29.9 Å². The molecule has 2 saturated heterocycles. The van der Waals surface area contributed by atoms with Crippen molar-refractivity contribution in [3.63, 3.8) is 0 Å². The van der Waals surface area contributed by atoms with Crippen molar-refractivity contribution in [3.05, 3.63) is 41.5 Å². The average Bonchev–Trinajstić information content (AvgIpc) is 3.48. The number of hydrogen-bond donors (Lipinski definition) is 2. The Labute approximate surface area is 187 Å². The first-order valence-electron chi connectivity index (χ1n) is 10.9. The average molecular weight is 441 g/mol. The fraction of sp³-hybridized carbons (Fsp3) is 0.500. The van der Waals surface area contributed by atoms with Gasteiger partial charge in [-0.25, -0.2) is 0 Å². The van der Waals surface area contributed by atoms with E-state index in [9.17, 15) is 0 Å². The number of nitrogens with zero attached hydrogens (tertiary/aromatic N) is 4. The van der Waals surface area contributed by atoms with Crippen LogP contribution < -0.4 is 20.4 Å². The Kier molecular flexibility index (Phi) is 6.15. The lowest BCUT2D eigenvalue weighted by Gasteiger charge is -2.29. The SMILES string of the molecule is S=C(NCC1CCCO1)Nc1nc(N2CCOCC2)cc(N2Cc3ccccc3C2)n1. The van der Waals surface area contributed by atoms with Crippen molar-refractivity contribution in [1.82, 2.24) is 15.3 Å². The van der Waals surface area contributed by atoms with Gasteiger partial charge in [-0.15, -0.1) is 0 Å². The molecular weight excluding hydrogens is 412 g/mol. The Balaban J connectivity index is 1.34. The molecule has 8 nitrogen and oxygen atoms in total. The highest BCUT2D eigenvalue weighted by atomic mass is 32.1. The fourth-order valence-electron chi connectivity index (χ4n) is 4.25. The largest absolute Gasteiger partial charge is 0.378 e. The summed E-state index contributed by atoms with van der Waals surface area (Å²) in [6, 6.07) is 10.6. The standard InChI is InChI=1S/C22H28N6O2S/c31-22(23-13-18-6-3-9-30-18)26-21-24-19(27-7-10-29-11-8-27)12-20(25-21)28-14-16-4-1-2-5-17(16)15-28/h1-2,4-5,12,18H,3,6-11,13-15H2,(H2,23,24,25,26,31). The molecule has 0 radical (unpaired) electrons. The number of rotatable bonds is 5. The summed E-state index contributed by atoms with van der Waals surface area (Å²) in [6.07, 6.45) is 2.40. The van der Waals surface area contributed by atoms with Gasteiger partial charge in [-0.3, -0.25) is 0 Å². The highest BCUT2D eigenvalue weighted by molar-refractivity contribution is 7.80. The summed E-state index contributed by atoms with van der Waals surface area (Å²) in [5, 5.41) is 6.95. The van der Waals surface area contributed by atoms with E-state index >= 15 is 0 Å². The quantitative estimate of drug-likeness (QED) is 0.681. The van der Waals surface area contributed by atoms with Crippen molar-refractivity contribution in [2.24, 2.45) is 0 Å². The van der Waals surface area contributed by atoms with Crippen LogP contribution in [-0.2, 0) is 22.6 Å². The van der Waals surface area contributed by atoms with Crippen LogP contribution in [0.5, 0.6) is 0 Å². The van der Waals surface area contributed by atoms with Gasteiger partial charge >= 0.3 is 0 Å². The Morgan fingerprint density at radius 1 is 1.03 bits per heavy atom. The summed E-state index contributed by atoms with van der Waals surface area (Å²) in [5.41, 5.74) is 2.69. The number of hydrogen-bond acceptors (Lipinski definition) is 7. The predicted molar refractivity (Wildman–Crippen MR) is 125 cm³/mol. The number of thiocarbonyl (C=S) groups is 1. The molecule has 1 atom stereocenters. The number of morpholine rings is 1. The molecule has 4 heterocycles. The molecule has 2 fully saturated rings. The van der Waals surface area contributed by atoms with E-state index in [1.54, 1.807) is 0 Å². The monoisotopic (exact) mass is 440 g/mol. The van der Waals surface area contributed by atoms with E-state index in [2.05, 4.69) is 50.8 Å². The van der Waals surface area contributed by atoms with E-state index in [-0.39, 0.29) is 6.10 Å². The van der Waals surface area contributed by atoms with Crippen LogP contribution in [0.2, 0.25) is 0 Å². The lowest BCUT2D eigenvalue weighted by Crippen LogP contribution is -2.38. The predicted octanol–water partition coefficient (Wildman–Crippen LogP) is 2.30. The Morgan fingerprint density at radius 3 is 2.42 bits per heavy atom. The number of fused-ring (bicyclic) bond motifs is 1. The van der Waals surface area contributed by atoms with Crippen LogP contribution in [0.25, 0.3) is 0 Å². The molecule has 9 heteroatoms. The minimum absolute atomic E-state index is 0.221. The van der Waals surface area contributed by atoms with Gasteiger partial charge in [-0.2, -0.15) is 9.97 Å². The van der Waals surface area contributed by atoms with E-state index in [0.717, 1.165) is 57.3 Å². The third-order valence-corrected chi connectivity index (χ3v) is 6.18. The smallest absolute Gasteiger partial charge is 0.232 e. The molecule has 3 aliphatic rings.